The van der Waals surface area contributed by atoms with E-state index in [1.807, 2.05) is 26.8 Å². The molecular formula is C14H15N5O2. The number of hydrogen-bond acceptors (Lipinski definition) is 5. The van der Waals surface area contributed by atoms with Crippen LogP contribution < -0.4 is 5.73 Å². The number of aromatic nitrogens is 2. The molecule has 0 spiro atoms. The first-order chi connectivity index (χ1) is 9.75. The molecule has 108 valence electrons. The standard InChI is InChI=1S/C14H15N5O2/c1-14(2,3)12-11(19(20)21)13(16)18(17-12)10-6-4-5-9(7-10)8-15/h4-7H,16H2,1-3H3. The van der Waals surface area contributed by atoms with Crippen molar-refractivity contribution in [2.45, 2.75) is 26.2 Å². The fraction of sp³-hybridized carbons (Fsp3) is 0.286. The van der Waals surface area contributed by atoms with Crippen molar-refractivity contribution in [3.63, 3.8) is 0 Å². The molecule has 7 nitrogen and oxygen atoms in total. The Morgan fingerprint density at radius 1 is 1.43 bits per heavy atom. The Kier molecular flexibility index (Phi) is 3.39. The number of nitro groups is 1. The quantitative estimate of drug-likeness (QED) is 0.673. The highest BCUT2D eigenvalue weighted by molar-refractivity contribution is 5.62. The van der Waals surface area contributed by atoms with Gasteiger partial charge in [0.1, 0.15) is 5.69 Å². The predicted molar refractivity (Wildman–Crippen MR) is 78.0 cm³/mol. The van der Waals surface area contributed by atoms with Crippen molar-refractivity contribution in [1.29, 1.82) is 5.26 Å². The summed E-state index contributed by atoms with van der Waals surface area (Å²) >= 11 is 0. The van der Waals surface area contributed by atoms with Crippen LogP contribution in [-0.2, 0) is 5.41 Å². The summed E-state index contributed by atoms with van der Waals surface area (Å²) in [5.74, 6) is -0.0417. The maximum Gasteiger partial charge on any atom is 0.334 e. The number of nitriles is 1. The van der Waals surface area contributed by atoms with Gasteiger partial charge in [0.2, 0.25) is 5.82 Å². The van der Waals surface area contributed by atoms with Crippen LogP contribution in [0.25, 0.3) is 5.69 Å². The molecule has 2 aromatic rings. The molecule has 0 aliphatic heterocycles. The lowest BCUT2D eigenvalue weighted by Gasteiger charge is -2.13. The Morgan fingerprint density at radius 2 is 2.10 bits per heavy atom. The number of anilines is 1. The fourth-order valence-electron chi connectivity index (χ4n) is 2.01. The van der Waals surface area contributed by atoms with E-state index in [1.54, 1.807) is 24.3 Å². The first-order valence-corrected chi connectivity index (χ1v) is 6.29. The Morgan fingerprint density at radius 3 is 2.57 bits per heavy atom. The zero-order valence-electron chi connectivity index (χ0n) is 12.0. The lowest BCUT2D eigenvalue weighted by atomic mass is 9.91. The second-order valence-electron chi connectivity index (χ2n) is 5.66. The molecule has 2 N–H and O–H groups in total. The average molecular weight is 285 g/mol. The number of nitrogens with two attached hydrogens (primary N) is 1. The van der Waals surface area contributed by atoms with Gasteiger partial charge >= 0.3 is 5.69 Å². The van der Waals surface area contributed by atoms with Crippen molar-refractivity contribution >= 4 is 11.5 Å². The summed E-state index contributed by atoms with van der Waals surface area (Å²) in [5, 5.41) is 24.5. The minimum atomic E-state index is -0.520. The number of nitrogens with zero attached hydrogens (tertiary/aromatic N) is 4. The van der Waals surface area contributed by atoms with Crippen molar-refractivity contribution in [3.05, 3.63) is 45.6 Å². The fourth-order valence-corrected chi connectivity index (χ4v) is 2.01. The van der Waals surface area contributed by atoms with E-state index < -0.39 is 10.3 Å². The second-order valence-corrected chi connectivity index (χ2v) is 5.66. The van der Waals surface area contributed by atoms with Gasteiger partial charge in [0.15, 0.2) is 0 Å². The largest absolute Gasteiger partial charge is 0.378 e. The molecule has 0 saturated carbocycles. The van der Waals surface area contributed by atoms with Crippen molar-refractivity contribution in [3.8, 4) is 11.8 Å². The van der Waals surface area contributed by atoms with Crippen LogP contribution in [0.4, 0.5) is 11.5 Å². The SMILES string of the molecule is CC(C)(C)c1nn(-c2cccc(C#N)c2)c(N)c1[N+](=O)[O-]. The van der Waals surface area contributed by atoms with Gasteiger partial charge in [-0.25, -0.2) is 4.68 Å². The summed E-state index contributed by atoms with van der Waals surface area (Å²) < 4.78 is 1.31. The van der Waals surface area contributed by atoms with Gasteiger partial charge in [0, 0.05) is 5.41 Å². The van der Waals surface area contributed by atoms with Crippen molar-refractivity contribution in [2.75, 3.05) is 5.73 Å². The number of nitrogen functional groups attached to an aromatic ring is 1. The smallest absolute Gasteiger partial charge is 0.334 e. The second kappa shape index (κ2) is 4.90. The molecule has 0 unspecified atom stereocenters. The molecule has 21 heavy (non-hydrogen) atoms. The van der Waals surface area contributed by atoms with Gasteiger partial charge in [-0.3, -0.25) is 10.1 Å². The molecule has 0 fully saturated rings. The summed E-state index contributed by atoms with van der Waals surface area (Å²) in [5.41, 5.74) is 6.46. The third-order valence-electron chi connectivity index (χ3n) is 3.01. The zero-order valence-corrected chi connectivity index (χ0v) is 12.0. The summed E-state index contributed by atoms with van der Waals surface area (Å²) in [7, 11) is 0. The summed E-state index contributed by atoms with van der Waals surface area (Å²) in [6, 6.07) is 8.61. The van der Waals surface area contributed by atoms with Gasteiger partial charge in [0.05, 0.1) is 22.2 Å². The van der Waals surface area contributed by atoms with E-state index in [4.69, 9.17) is 11.0 Å². The molecule has 0 amide bonds. The van der Waals surface area contributed by atoms with Gasteiger partial charge < -0.3 is 5.73 Å². The highest BCUT2D eigenvalue weighted by Crippen LogP contribution is 2.36. The van der Waals surface area contributed by atoms with E-state index in [0.29, 0.717) is 16.9 Å². The first-order valence-electron chi connectivity index (χ1n) is 6.29. The van der Waals surface area contributed by atoms with E-state index in [2.05, 4.69) is 5.10 Å². The van der Waals surface area contributed by atoms with Crippen LogP contribution in [-0.4, -0.2) is 14.7 Å². The molecule has 0 aliphatic rings. The molecule has 0 radical (unpaired) electrons. The topological polar surface area (TPSA) is 111 Å². The number of hydrogen-bond donors (Lipinski definition) is 1. The van der Waals surface area contributed by atoms with Gasteiger partial charge in [-0.05, 0) is 18.2 Å². The Labute approximate surface area is 121 Å². The molecule has 7 heteroatoms. The highest BCUT2D eigenvalue weighted by atomic mass is 16.6. The highest BCUT2D eigenvalue weighted by Gasteiger charge is 2.33. The summed E-state index contributed by atoms with van der Waals surface area (Å²) in [6.07, 6.45) is 0. The van der Waals surface area contributed by atoms with Gasteiger partial charge in [-0.1, -0.05) is 26.8 Å². The third-order valence-corrected chi connectivity index (χ3v) is 3.01. The summed E-state index contributed by atoms with van der Waals surface area (Å²) in [4.78, 5) is 10.8. The molecule has 0 atom stereocenters. The Bertz CT molecular complexity index is 750. The van der Waals surface area contributed by atoms with Crippen LogP contribution in [0.1, 0.15) is 32.0 Å². The van der Waals surface area contributed by atoms with E-state index in [1.165, 1.54) is 4.68 Å². The van der Waals surface area contributed by atoms with Gasteiger partial charge in [-0.2, -0.15) is 10.4 Å². The van der Waals surface area contributed by atoms with Crippen LogP contribution in [0.5, 0.6) is 0 Å². The average Bonchev–Trinajstić information content (AvgIpc) is 2.76. The minimum Gasteiger partial charge on any atom is -0.378 e. The van der Waals surface area contributed by atoms with Crippen LogP contribution in [0.15, 0.2) is 24.3 Å². The van der Waals surface area contributed by atoms with E-state index in [9.17, 15) is 10.1 Å². The summed E-state index contributed by atoms with van der Waals surface area (Å²) in [6.45, 7) is 5.49. The van der Waals surface area contributed by atoms with E-state index in [0.717, 1.165) is 0 Å². The van der Waals surface area contributed by atoms with Crippen molar-refractivity contribution in [1.82, 2.24) is 9.78 Å². The zero-order chi connectivity index (χ0) is 15.8. The van der Waals surface area contributed by atoms with E-state index in [-0.39, 0.29) is 11.5 Å². The molecule has 0 bridgehead atoms. The van der Waals surface area contributed by atoms with E-state index >= 15 is 0 Å². The monoisotopic (exact) mass is 285 g/mol. The predicted octanol–water partition coefficient (Wildman–Crippen LogP) is 2.53. The van der Waals surface area contributed by atoms with Crippen molar-refractivity contribution in [2.24, 2.45) is 0 Å². The number of rotatable bonds is 2. The van der Waals surface area contributed by atoms with Gasteiger partial charge in [-0.15, -0.1) is 0 Å². The molecule has 0 saturated heterocycles. The maximum absolute atomic E-state index is 11.3. The molecular weight excluding hydrogens is 270 g/mol. The number of benzene rings is 1. The Balaban J connectivity index is 2.71. The van der Waals surface area contributed by atoms with Crippen LogP contribution in [0.3, 0.4) is 0 Å². The van der Waals surface area contributed by atoms with Crippen LogP contribution in [0.2, 0.25) is 0 Å². The minimum absolute atomic E-state index is 0.0417. The Hall–Kier alpha value is -2.88. The van der Waals surface area contributed by atoms with Crippen LogP contribution >= 0.6 is 0 Å². The first kappa shape index (κ1) is 14.5. The molecule has 0 aliphatic carbocycles. The molecule has 1 aromatic heterocycles. The lowest BCUT2D eigenvalue weighted by Crippen LogP contribution is -2.14. The maximum atomic E-state index is 11.3. The molecule has 2 rings (SSSR count). The van der Waals surface area contributed by atoms with Crippen LogP contribution in [0, 0.1) is 21.4 Å². The van der Waals surface area contributed by atoms with Gasteiger partial charge in [0.25, 0.3) is 0 Å². The van der Waals surface area contributed by atoms with Crippen molar-refractivity contribution < 1.29 is 4.92 Å². The normalized spacial score (nSPS) is 11.1. The molecule has 1 heterocycles. The lowest BCUT2D eigenvalue weighted by molar-refractivity contribution is -0.385. The third kappa shape index (κ3) is 2.56. The molecule has 1 aromatic carbocycles.